The van der Waals surface area contributed by atoms with Gasteiger partial charge in [-0.2, -0.15) is 0 Å². The summed E-state index contributed by atoms with van der Waals surface area (Å²) in [5, 5.41) is 3.58. The van der Waals surface area contributed by atoms with E-state index in [2.05, 4.69) is 31.3 Å². The maximum absolute atomic E-state index is 5.72. The van der Waals surface area contributed by atoms with Crippen LogP contribution >= 0.6 is 0 Å². The summed E-state index contributed by atoms with van der Waals surface area (Å²) >= 11 is 0. The summed E-state index contributed by atoms with van der Waals surface area (Å²) in [5.74, 6) is 1.77. The number of unbranched alkanes of at least 4 members (excludes halogenated alkanes) is 2. The second-order valence-corrected chi connectivity index (χ2v) is 5.61. The number of benzene rings is 1. The average molecular weight is 277 g/mol. The van der Waals surface area contributed by atoms with Gasteiger partial charge < -0.3 is 14.8 Å². The van der Waals surface area contributed by atoms with Crippen molar-refractivity contribution in [3.05, 3.63) is 23.8 Å². The first kappa shape index (κ1) is 15.2. The minimum Gasteiger partial charge on any atom is -0.490 e. The molecule has 112 valence electrons. The zero-order valence-electron chi connectivity index (χ0n) is 12.8. The Morgan fingerprint density at radius 2 is 1.95 bits per heavy atom. The van der Waals surface area contributed by atoms with Crippen LogP contribution in [0.3, 0.4) is 0 Å². The maximum Gasteiger partial charge on any atom is 0.161 e. The molecular formula is C17H27NO2. The van der Waals surface area contributed by atoms with E-state index in [1.807, 2.05) is 6.07 Å². The first-order valence-corrected chi connectivity index (χ1v) is 7.91. The smallest absolute Gasteiger partial charge is 0.161 e. The van der Waals surface area contributed by atoms with E-state index in [0.29, 0.717) is 6.04 Å². The lowest BCUT2D eigenvalue weighted by Crippen LogP contribution is -2.25. The molecule has 0 saturated carbocycles. The third-order valence-electron chi connectivity index (χ3n) is 3.71. The fraction of sp³-hybridized carbons (Fsp3) is 0.647. The van der Waals surface area contributed by atoms with E-state index in [1.165, 1.54) is 31.2 Å². The molecule has 1 unspecified atom stereocenters. The Balaban J connectivity index is 1.82. The molecule has 0 spiro atoms. The molecule has 1 aromatic rings. The van der Waals surface area contributed by atoms with Crippen molar-refractivity contribution in [2.75, 3.05) is 13.2 Å². The lowest BCUT2D eigenvalue weighted by Gasteiger charge is -2.14. The van der Waals surface area contributed by atoms with Crippen LogP contribution < -0.4 is 14.8 Å². The highest BCUT2D eigenvalue weighted by Gasteiger charge is 2.10. The minimum atomic E-state index is 0.567. The highest BCUT2D eigenvalue weighted by atomic mass is 16.5. The number of rotatable bonds is 7. The van der Waals surface area contributed by atoms with E-state index < -0.39 is 0 Å². The van der Waals surface area contributed by atoms with Crippen LogP contribution in [0.5, 0.6) is 11.5 Å². The zero-order valence-corrected chi connectivity index (χ0v) is 12.8. The van der Waals surface area contributed by atoms with Crippen LogP contribution in [0.15, 0.2) is 18.2 Å². The number of fused-ring (bicyclic) bond motifs is 1. The number of ether oxygens (including phenoxy) is 2. The van der Waals surface area contributed by atoms with Crippen LogP contribution in [0.2, 0.25) is 0 Å². The van der Waals surface area contributed by atoms with Gasteiger partial charge in [-0.15, -0.1) is 0 Å². The summed E-state index contributed by atoms with van der Waals surface area (Å²) < 4.78 is 11.4. The van der Waals surface area contributed by atoms with Gasteiger partial charge in [-0.1, -0.05) is 32.3 Å². The van der Waals surface area contributed by atoms with Crippen LogP contribution in [-0.2, 0) is 6.54 Å². The number of hydrogen-bond acceptors (Lipinski definition) is 3. The minimum absolute atomic E-state index is 0.567. The summed E-state index contributed by atoms with van der Waals surface area (Å²) in [6.07, 6.45) is 6.13. The zero-order chi connectivity index (χ0) is 14.2. The fourth-order valence-electron chi connectivity index (χ4n) is 2.41. The van der Waals surface area contributed by atoms with E-state index in [0.717, 1.165) is 37.7 Å². The van der Waals surface area contributed by atoms with Crippen LogP contribution in [-0.4, -0.2) is 19.3 Å². The summed E-state index contributed by atoms with van der Waals surface area (Å²) in [5.41, 5.74) is 1.26. The van der Waals surface area contributed by atoms with Crippen LogP contribution in [0.4, 0.5) is 0 Å². The average Bonchev–Trinajstić information content (AvgIpc) is 2.70. The van der Waals surface area contributed by atoms with Gasteiger partial charge in [0.2, 0.25) is 0 Å². The predicted octanol–water partition coefficient (Wildman–Crippen LogP) is 3.91. The van der Waals surface area contributed by atoms with Gasteiger partial charge in [0.05, 0.1) is 13.2 Å². The molecule has 0 saturated heterocycles. The van der Waals surface area contributed by atoms with Crippen molar-refractivity contribution in [1.29, 1.82) is 0 Å². The Morgan fingerprint density at radius 3 is 2.75 bits per heavy atom. The van der Waals surface area contributed by atoms with Gasteiger partial charge in [0.25, 0.3) is 0 Å². The first-order valence-electron chi connectivity index (χ1n) is 7.91. The van der Waals surface area contributed by atoms with E-state index >= 15 is 0 Å². The van der Waals surface area contributed by atoms with E-state index in [1.54, 1.807) is 0 Å². The highest BCUT2D eigenvalue weighted by molar-refractivity contribution is 5.43. The molecule has 1 aliphatic heterocycles. The van der Waals surface area contributed by atoms with Gasteiger partial charge in [-0.3, -0.25) is 0 Å². The Labute approximate surface area is 122 Å². The van der Waals surface area contributed by atoms with Crippen molar-refractivity contribution >= 4 is 0 Å². The molecule has 1 atom stereocenters. The van der Waals surface area contributed by atoms with Gasteiger partial charge in [-0.25, -0.2) is 0 Å². The van der Waals surface area contributed by atoms with Crippen molar-refractivity contribution in [1.82, 2.24) is 5.32 Å². The maximum atomic E-state index is 5.72. The molecule has 1 heterocycles. The first-order chi connectivity index (χ1) is 9.79. The SMILES string of the molecule is CCCCCC(C)NCc1ccc2c(c1)OCCCO2. The van der Waals surface area contributed by atoms with Crippen molar-refractivity contribution in [3.63, 3.8) is 0 Å². The van der Waals surface area contributed by atoms with Crippen molar-refractivity contribution < 1.29 is 9.47 Å². The molecule has 3 heteroatoms. The summed E-state index contributed by atoms with van der Waals surface area (Å²) in [6, 6.07) is 6.82. The highest BCUT2D eigenvalue weighted by Crippen LogP contribution is 2.30. The second-order valence-electron chi connectivity index (χ2n) is 5.61. The van der Waals surface area contributed by atoms with Gasteiger partial charge in [0.1, 0.15) is 0 Å². The number of nitrogens with one attached hydrogen (secondary N) is 1. The Hall–Kier alpha value is -1.22. The summed E-state index contributed by atoms with van der Waals surface area (Å²) in [6.45, 7) is 6.90. The monoisotopic (exact) mass is 277 g/mol. The molecule has 0 fully saturated rings. The van der Waals surface area contributed by atoms with Crippen molar-refractivity contribution in [2.45, 2.75) is 58.5 Å². The lowest BCUT2D eigenvalue weighted by molar-refractivity contribution is 0.297. The molecule has 0 aliphatic carbocycles. The van der Waals surface area contributed by atoms with Gasteiger partial charge in [0, 0.05) is 19.0 Å². The predicted molar refractivity (Wildman–Crippen MR) is 82.5 cm³/mol. The van der Waals surface area contributed by atoms with Crippen molar-refractivity contribution in [2.24, 2.45) is 0 Å². The van der Waals surface area contributed by atoms with E-state index in [9.17, 15) is 0 Å². The van der Waals surface area contributed by atoms with Crippen LogP contribution in [0.25, 0.3) is 0 Å². The largest absolute Gasteiger partial charge is 0.490 e. The standard InChI is InChI=1S/C17H27NO2/c1-3-4-5-7-14(2)18-13-15-8-9-16-17(12-15)20-11-6-10-19-16/h8-9,12,14,18H,3-7,10-11,13H2,1-2H3. The number of hydrogen-bond donors (Lipinski definition) is 1. The van der Waals surface area contributed by atoms with E-state index in [4.69, 9.17) is 9.47 Å². The summed E-state index contributed by atoms with van der Waals surface area (Å²) in [7, 11) is 0. The molecular weight excluding hydrogens is 250 g/mol. The third kappa shape index (κ3) is 4.71. The molecule has 1 N–H and O–H groups in total. The molecule has 0 bridgehead atoms. The van der Waals surface area contributed by atoms with Gasteiger partial charge >= 0.3 is 0 Å². The molecule has 1 aliphatic rings. The lowest BCUT2D eigenvalue weighted by atomic mass is 10.1. The molecule has 2 rings (SSSR count). The summed E-state index contributed by atoms with van der Waals surface area (Å²) in [4.78, 5) is 0. The Kier molecular flexibility index (Phi) is 6.19. The molecule has 0 radical (unpaired) electrons. The van der Waals surface area contributed by atoms with Gasteiger partial charge in [-0.05, 0) is 31.0 Å². The molecule has 0 amide bonds. The molecule has 1 aromatic carbocycles. The molecule has 20 heavy (non-hydrogen) atoms. The fourth-order valence-corrected chi connectivity index (χ4v) is 2.41. The van der Waals surface area contributed by atoms with Crippen LogP contribution in [0, 0.1) is 0 Å². The quantitative estimate of drug-likeness (QED) is 0.767. The van der Waals surface area contributed by atoms with Crippen LogP contribution in [0.1, 0.15) is 51.5 Å². The van der Waals surface area contributed by atoms with E-state index in [-0.39, 0.29) is 0 Å². The molecule has 3 nitrogen and oxygen atoms in total. The Morgan fingerprint density at radius 1 is 1.15 bits per heavy atom. The topological polar surface area (TPSA) is 30.5 Å². The second kappa shape index (κ2) is 8.15. The normalized spacial score (nSPS) is 15.7. The van der Waals surface area contributed by atoms with Gasteiger partial charge in [0.15, 0.2) is 11.5 Å². The third-order valence-corrected chi connectivity index (χ3v) is 3.71. The van der Waals surface area contributed by atoms with Crippen molar-refractivity contribution in [3.8, 4) is 11.5 Å². The molecule has 0 aromatic heterocycles. The Bertz CT molecular complexity index is 406.